The van der Waals surface area contributed by atoms with Crippen molar-refractivity contribution in [2.75, 3.05) is 53.6 Å². The monoisotopic (exact) mass is 230 g/mol. The summed E-state index contributed by atoms with van der Waals surface area (Å²) in [6.07, 6.45) is 3.66. The van der Waals surface area contributed by atoms with Gasteiger partial charge in [0.1, 0.15) is 0 Å². The summed E-state index contributed by atoms with van der Waals surface area (Å²) in [4.78, 5) is 2.44. The van der Waals surface area contributed by atoms with Gasteiger partial charge in [0.05, 0.1) is 6.61 Å². The number of nitrogens with one attached hydrogen (secondary N) is 1. The number of ether oxygens (including phenoxy) is 2. The summed E-state index contributed by atoms with van der Waals surface area (Å²) in [6.45, 7) is 5.70. The van der Waals surface area contributed by atoms with Crippen molar-refractivity contribution in [3.63, 3.8) is 0 Å². The average Bonchev–Trinajstić information content (AvgIpc) is 2.68. The maximum atomic E-state index is 5.47. The third-order valence-corrected chi connectivity index (χ3v) is 3.11. The molecule has 1 rings (SSSR count). The van der Waals surface area contributed by atoms with Gasteiger partial charge in [0, 0.05) is 39.5 Å². The molecule has 1 saturated heterocycles. The van der Waals surface area contributed by atoms with Gasteiger partial charge in [0.2, 0.25) is 0 Å². The van der Waals surface area contributed by atoms with Gasteiger partial charge >= 0.3 is 0 Å². The van der Waals surface area contributed by atoms with Crippen molar-refractivity contribution in [3.05, 3.63) is 0 Å². The van der Waals surface area contributed by atoms with Crippen molar-refractivity contribution in [1.29, 1.82) is 0 Å². The van der Waals surface area contributed by atoms with Gasteiger partial charge in [-0.2, -0.15) is 0 Å². The van der Waals surface area contributed by atoms with Crippen LogP contribution in [0.1, 0.15) is 19.3 Å². The molecule has 1 atom stereocenters. The van der Waals surface area contributed by atoms with E-state index in [0.717, 1.165) is 45.4 Å². The molecule has 0 aliphatic carbocycles. The molecule has 1 fully saturated rings. The smallest absolute Gasteiger partial charge is 0.0590 e. The second-order valence-electron chi connectivity index (χ2n) is 4.44. The molecular formula is C12H26N2O2. The highest BCUT2D eigenvalue weighted by Gasteiger charge is 2.19. The van der Waals surface area contributed by atoms with Crippen LogP contribution in [0.2, 0.25) is 0 Å². The minimum absolute atomic E-state index is 0.730. The van der Waals surface area contributed by atoms with E-state index >= 15 is 0 Å². The van der Waals surface area contributed by atoms with Crippen LogP contribution in [-0.4, -0.2) is 64.6 Å². The molecule has 0 aromatic carbocycles. The Morgan fingerprint density at radius 2 is 2.19 bits per heavy atom. The zero-order chi connectivity index (χ0) is 11.6. The van der Waals surface area contributed by atoms with Gasteiger partial charge in [0.25, 0.3) is 0 Å². The molecule has 0 radical (unpaired) electrons. The second-order valence-corrected chi connectivity index (χ2v) is 4.44. The van der Waals surface area contributed by atoms with Crippen LogP contribution in [-0.2, 0) is 9.47 Å². The molecule has 4 heteroatoms. The zero-order valence-electron chi connectivity index (χ0n) is 10.7. The minimum atomic E-state index is 0.730. The number of likely N-dealkylation sites (tertiary alicyclic amines) is 1. The summed E-state index contributed by atoms with van der Waals surface area (Å²) in [7, 11) is 3.93. The predicted molar refractivity (Wildman–Crippen MR) is 65.8 cm³/mol. The Hall–Kier alpha value is -0.160. The normalized spacial score (nSPS) is 21.8. The third kappa shape index (κ3) is 5.80. The summed E-state index contributed by atoms with van der Waals surface area (Å²) < 4.78 is 10.4. The molecule has 4 nitrogen and oxygen atoms in total. The Labute approximate surface area is 99.3 Å². The topological polar surface area (TPSA) is 33.7 Å². The summed E-state index contributed by atoms with van der Waals surface area (Å²) in [6, 6.07) is 0.730. The van der Waals surface area contributed by atoms with Gasteiger partial charge in [-0.3, -0.25) is 0 Å². The standard InChI is InChI=1S/C12H26N2O2/c1-14-7-3-5-12(14)11-13-6-10-16-9-4-8-15-2/h12-13H,3-11H2,1-2H3. The van der Waals surface area contributed by atoms with Crippen LogP contribution in [0.4, 0.5) is 0 Å². The highest BCUT2D eigenvalue weighted by atomic mass is 16.5. The fourth-order valence-corrected chi connectivity index (χ4v) is 2.06. The maximum Gasteiger partial charge on any atom is 0.0590 e. The van der Waals surface area contributed by atoms with Gasteiger partial charge in [-0.25, -0.2) is 0 Å². The quantitative estimate of drug-likeness (QED) is 0.592. The molecule has 1 aliphatic rings. The third-order valence-electron chi connectivity index (χ3n) is 3.11. The van der Waals surface area contributed by atoms with Crippen molar-refractivity contribution in [3.8, 4) is 0 Å². The summed E-state index contributed by atoms with van der Waals surface area (Å²) in [5.41, 5.74) is 0. The van der Waals surface area contributed by atoms with Gasteiger partial charge in [-0.05, 0) is 32.9 Å². The molecule has 0 aromatic heterocycles. The van der Waals surface area contributed by atoms with Gasteiger partial charge < -0.3 is 19.7 Å². The first-order valence-electron chi connectivity index (χ1n) is 6.32. The Bertz CT molecular complexity index is 167. The van der Waals surface area contributed by atoms with Gasteiger partial charge in [0.15, 0.2) is 0 Å². The molecule has 0 aromatic rings. The van der Waals surface area contributed by atoms with Gasteiger partial charge in [-0.15, -0.1) is 0 Å². The van der Waals surface area contributed by atoms with E-state index in [1.165, 1.54) is 19.4 Å². The average molecular weight is 230 g/mol. The molecule has 0 bridgehead atoms. The van der Waals surface area contributed by atoms with Gasteiger partial charge in [-0.1, -0.05) is 0 Å². The van der Waals surface area contributed by atoms with Crippen LogP contribution >= 0.6 is 0 Å². The van der Waals surface area contributed by atoms with Crippen molar-refractivity contribution in [1.82, 2.24) is 10.2 Å². The zero-order valence-corrected chi connectivity index (χ0v) is 10.7. The summed E-state index contributed by atoms with van der Waals surface area (Å²) in [5.74, 6) is 0. The molecule has 0 saturated carbocycles. The number of methoxy groups -OCH3 is 1. The first kappa shape index (κ1) is 13.9. The second kappa shape index (κ2) is 8.93. The van der Waals surface area contributed by atoms with E-state index in [9.17, 15) is 0 Å². The van der Waals surface area contributed by atoms with E-state index in [0.29, 0.717) is 0 Å². The molecule has 16 heavy (non-hydrogen) atoms. The summed E-state index contributed by atoms with van der Waals surface area (Å²) >= 11 is 0. The van der Waals surface area contributed by atoms with Crippen molar-refractivity contribution < 1.29 is 9.47 Å². The lowest BCUT2D eigenvalue weighted by Gasteiger charge is -2.19. The van der Waals surface area contributed by atoms with Crippen molar-refractivity contribution >= 4 is 0 Å². The molecule has 1 aliphatic heterocycles. The van der Waals surface area contributed by atoms with Crippen LogP contribution in [0.5, 0.6) is 0 Å². The van der Waals surface area contributed by atoms with Crippen molar-refractivity contribution in [2.45, 2.75) is 25.3 Å². The van der Waals surface area contributed by atoms with E-state index in [1.807, 2.05) is 0 Å². The predicted octanol–water partition coefficient (Wildman–Crippen LogP) is 0.723. The Balaban J connectivity index is 1.81. The van der Waals surface area contributed by atoms with E-state index in [-0.39, 0.29) is 0 Å². The molecule has 0 amide bonds. The molecule has 1 unspecified atom stereocenters. The fourth-order valence-electron chi connectivity index (χ4n) is 2.06. The SMILES string of the molecule is COCCCOCCNCC1CCCN1C. The van der Waals surface area contributed by atoms with Crippen LogP contribution in [0.3, 0.4) is 0 Å². The van der Waals surface area contributed by atoms with Crippen LogP contribution < -0.4 is 5.32 Å². The van der Waals surface area contributed by atoms with E-state index < -0.39 is 0 Å². The van der Waals surface area contributed by atoms with Crippen LogP contribution in [0.25, 0.3) is 0 Å². The number of hydrogen-bond donors (Lipinski definition) is 1. The van der Waals surface area contributed by atoms with Crippen molar-refractivity contribution in [2.24, 2.45) is 0 Å². The fraction of sp³-hybridized carbons (Fsp3) is 1.00. The number of likely N-dealkylation sites (N-methyl/N-ethyl adjacent to an activating group) is 1. The first-order valence-corrected chi connectivity index (χ1v) is 6.32. The highest BCUT2D eigenvalue weighted by molar-refractivity contribution is 4.77. The summed E-state index contributed by atoms with van der Waals surface area (Å²) in [5, 5.41) is 3.45. The Morgan fingerprint density at radius 1 is 1.31 bits per heavy atom. The number of hydrogen-bond acceptors (Lipinski definition) is 4. The number of nitrogens with zero attached hydrogens (tertiary/aromatic N) is 1. The largest absolute Gasteiger partial charge is 0.385 e. The van der Waals surface area contributed by atoms with E-state index in [4.69, 9.17) is 9.47 Å². The van der Waals surface area contributed by atoms with E-state index in [2.05, 4.69) is 17.3 Å². The minimum Gasteiger partial charge on any atom is -0.385 e. The highest BCUT2D eigenvalue weighted by Crippen LogP contribution is 2.13. The Morgan fingerprint density at radius 3 is 2.88 bits per heavy atom. The Kier molecular flexibility index (Phi) is 7.76. The molecule has 96 valence electrons. The molecule has 1 heterocycles. The lowest BCUT2D eigenvalue weighted by Crippen LogP contribution is -2.36. The maximum absolute atomic E-state index is 5.47. The first-order chi connectivity index (χ1) is 7.84. The lowest BCUT2D eigenvalue weighted by atomic mass is 10.2. The van der Waals surface area contributed by atoms with Crippen LogP contribution in [0.15, 0.2) is 0 Å². The molecule has 0 spiro atoms. The van der Waals surface area contributed by atoms with Crippen LogP contribution in [0, 0.1) is 0 Å². The van der Waals surface area contributed by atoms with E-state index in [1.54, 1.807) is 7.11 Å². The molecular weight excluding hydrogens is 204 g/mol. The molecule has 1 N–H and O–H groups in total. The lowest BCUT2D eigenvalue weighted by molar-refractivity contribution is 0.103. The number of rotatable bonds is 9.